The second kappa shape index (κ2) is 22.1. The molecule has 0 aromatic rings. The standard InChI is InChI=1S/C46H66O7/c1-32(17-11-12-18-33(2)20-15-24-36(5)26-27-39-37(6)29-38(48)30-45(39,7)8)19-13-21-34(3)22-14-23-35(4)25-16-28-46(9,10)53-44-43(51)42(50)41(49)40(31-47)52-44/h11-27,38,40-44,47-51H,28-31H2,1-10H3/b12-11+,19-13+,20-15+,22-14+,25-16+,27-26+,32-17+,33-18+,34-21+,35-23+,36-24+/t38?,40-,41-,42+,43-,44+/m1/s1. The summed E-state index contributed by atoms with van der Waals surface area (Å²) in [4.78, 5) is 0. The van der Waals surface area contributed by atoms with Crippen molar-refractivity contribution in [3.05, 3.63) is 142 Å². The average molecular weight is 731 g/mol. The van der Waals surface area contributed by atoms with Gasteiger partial charge in [0.2, 0.25) is 0 Å². The SMILES string of the molecule is CC1=C(/C=C/C(C)=C/C=C/C(C)=C/C=C/C=C(C)/C=C/C=C(C)/C=C/C=C(C)/C=C/CC(C)(C)O[C@@H]2O[C@H](CO)[C@@H](O)[C@H](O)[C@H]2O)C(C)(C)CC(O)C1. The molecule has 0 amide bonds. The molecule has 1 saturated heterocycles. The first-order valence-corrected chi connectivity index (χ1v) is 18.6. The largest absolute Gasteiger partial charge is 0.394 e. The van der Waals surface area contributed by atoms with Gasteiger partial charge in [0.15, 0.2) is 6.29 Å². The van der Waals surface area contributed by atoms with Crippen LogP contribution in [0.3, 0.4) is 0 Å². The molecule has 7 heteroatoms. The summed E-state index contributed by atoms with van der Waals surface area (Å²) in [6.45, 7) is 20.0. The van der Waals surface area contributed by atoms with E-state index in [1.807, 2.05) is 76.3 Å². The van der Waals surface area contributed by atoms with Gasteiger partial charge in [-0.25, -0.2) is 0 Å². The van der Waals surface area contributed by atoms with Crippen LogP contribution in [0, 0.1) is 5.41 Å². The minimum atomic E-state index is -1.47. The Hall–Kier alpha value is -3.40. The normalized spacial score (nSPS) is 27.7. The van der Waals surface area contributed by atoms with Crippen molar-refractivity contribution in [1.29, 1.82) is 0 Å². The molecule has 1 aliphatic carbocycles. The van der Waals surface area contributed by atoms with Gasteiger partial charge in [0.25, 0.3) is 0 Å². The number of hydrogen-bond donors (Lipinski definition) is 5. The summed E-state index contributed by atoms with van der Waals surface area (Å²) in [6, 6.07) is 0. The van der Waals surface area contributed by atoms with Gasteiger partial charge in [-0.1, -0.05) is 151 Å². The smallest absolute Gasteiger partial charge is 0.187 e. The second-order valence-corrected chi connectivity index (χ2v) is 15.7. The lowest BCUT2D eigenvalue weighted by Crippen LogP contribution is -2.60. The number of allylic oxidation sites excluding steroid dienone is 22. The Labute approximate surface area is 319 Å². The lowest BCUT2D eigenvalue weighted by molar-refractivity contribution is -0.322. The molecular weight excluding hydrogens is 664 g/mol. The zero-order chi connectivity index (χ0) is 39.8. The van der Waals surface area contributed by atoms with E-state index in [1.54, 1.807) is 0 Å². The van der Waals surface area contributed by atoms with Crippen LogP contribution < -0.4 is 0 Å². The molecule has 2 aliphatic rings. The second-order valence-electron chi connectivity index (χ2n) is 15.7. The predicted molar refractivity (Wildman–Crippen MR) is 219 cm³/mol. The van der Waals surface area contributed by atoms with Crippen LogP contribution in [0.4, 0.5) is 0 Å². The third kappa shape index (κ3) is 16.7. The van der Waals surface area contributed by atoms with Crippen LogP contribution in [0.2, 0.25) is 0 Å². The Balaban J connectivity index is 1.82. The molecule has 6 atom stereocenters. The van der Waals surface area contributed by atoms with Crippen molar-refractivity contribution in [3.63, 3.8) is 0 Å². The van der Waals surface area contributed by atoms with Gasteiger partial charge >= 0.3 is 0 Å². The number of ether oxygens (including phenoxy) is 2. The van der Waals surface area contributed by atoms with E-state index >= 15 is 0 Å². The summed E-state index contributed by atoms with van der Waals surface area (Å²) in [6.07, 6.45) is 30.5. The van der Waals surface area contributed by atoms with Gasteiger partial charge in [-0.05, 0) is 85.6 Å². The Kier molecular flexibility index (Phi) is 19.1. The van der Waals surface area contributed by atoms with Gasteiger partial charge in [0.05, 0.1) is 18.3 Å². The molecule has 0 radical (unpaired) electrons. The first-order chi connectivity index (χ1) is 24.8. The summed E-state index contributed by atoms with van der Waals surface area (Å²) in [5, 5.41) is 49.8. The molecule has 5 N–H and O–H groups in total. The molecule has 1 unspecified atom stereocenters. The summed E-state index contributed by atoms with van der Waals surface area (Å²) in [5.41, 5.74) is 7.50. The van der Waals surface area contributed by atoms with Crippen LogP contribution in [0.15, 0.2) is 142 Å². The Morgan fingerprint density at radius 1 is 0.717 bits per heavy atom. The highest BCUT2D eigenvalue weighted by Crippen LogP contribution is 2.41. The van der Waals surface area contributed by atoms with Crippen molar-refractivity contribution in [1.82, 2.24) is 0 Å². The minimum absolute atomic E-state index is 0.0149. The zero-order valence-corrected chi connectivity index (χ0v) is 33.7. The zero-order valence-electron chi connectivity index (χ0n) is 33.7. The molecule has 0 aromatic carbocycles. The molecule has 1 heterocycles. The number of rotatable bonds is 16. The fourth-order valence-electron chi connectivity index (χ4n) is 6.20. The van der Waals surface area contributed by atoms with E-state index in [0.717, 1.165) is 35.1 Å². The maximum absolute atomic E-state index is 10.3. The summed E-state index contributed by atoms with van der Waals surface area (Å²) in [7, 11) is 0. The van der Waals surface area contributed by atoms with Gasteiger partial charge in [-0.3, -0.25) is 0 Å². The summed E-state index contributed by atoms with van der Waals surface area (Å²) < 4.78 is 11.4. The minimum Gasteiger partial charge on any atom is -0.394 e. The fourth-order valence-corrected chi connectivity index (χ4v) is 6.20. The van der Waals surface area contributed by atoms with E-state index in [-0.39, 0.29) is 11.5 Å². The molecule has 0 bridgehead atoms. The molecular formula is C46H66O7. The van der Waals surface area contributed by atoms with Crippen LogP contribution in [0.1, 0.15) is 88.5 Å². The predicted octanol–water partition coefficient (Wildman–Crippen LogP) is 8.54. The first-order valence-electron chi connectivity index (χ1n) is 18.6. The van der Waals surface area contributed by atoms with Gasteiger partial charge in [-0.2, -0.15) is 0 Å². The van der Waals surface area contributed by atoms with E-state index in [1.165, 1.54) is 16.7 Å². The average Bonchev–Trinajstić information content (AvgIpc) is 3.06. The lowest BCUT2D eigenvalue weighted by Gasteiger charge is -2.42. The third-order valence-corrected chi connectivity index (χ3v) is 9.25. The highest BCUT2D eigenvalue weighted by Gasteiger charge is 2.45. The van der Waals surface area contributed by atoms with Crippen molar-refractivity contribution in [2.75, 3.05) is 6.61 Å². The van der Waals surface area contributed by atoms with E-state index in [0.29, 0.717) is 6.42 Å². The van der Waals surface area contributed by atoms with Crippen LogP contribution in [-0.2, 0) is 9.47 Å². The van der Waals surface area contributed by atoms with Crippen molar-refractivity contribution in [2.45, 2.75) is 131 Å². The number of aliphatic hydroxyl groups excluding tert-OH is 5. The molecule has 53 heavy (non-hydrogen) atoms. The Morgan fingerprint density at radius 3 is 1.68 bits per heavy atom. The highest BCUT2D eigenvalue weighted by atomic mass is 16.7. The van der Waals surface area contributed by atoms with Gasteiger partial charge in [0, 0.05) is 0 Å². The molecule has 0 saturated carbocycles. The number of hydrogen-bond acceptors (Lipinski definition) is 7. The molecule has 2 rings (SSSR count). The van der Waals surface area contributed by atoms with E-state index < -0.39 is 42.9 Å². The van der Waals surface area contributed by atoms with E-state index in [2.05, 4.69) is 96.2 Å². The molecule has 1 fully saturated rings. The fraction of sp³-hybridized carbons (Fsp3) is 0.478. The summed E-state index contributed by atoms with van der Waals surface area (Å²) in [5.74, 6) is 0. The maximum atomic E-state index is 10.3. The van der Waals surface area contributed by atoms with E-state index in [4.69, 9.17) is 9.47 Å². The van der Waals surface area contributed by atoms with Crippen molar-refractivity contribution in [3.8, 4) is 0 Å². The van der Waals surface area contributed by atoms with Crippen molar-refractivity contribution >= 4 is 0 Å². The Morgan fingerprint density at radius 2 is 1.19 bits per heavy atom. The maximum Gasteiger partial charge on any atom is 0.187 e. The van der Waals surface area contributed by atoms with Gasteiger partial charge in [-0.15, -0.1) is 0 Å². The van der Waals surface area contributed by atoms with Crippen LogP contribution in [0.5, 0.6) is 0 Å². The third-order valence-electron chi connectivity index (χ3n) is 9.25. The molecule has 7 nitrogen and oxygen atoms in total. The summed E-state index contributed by atoms with van der Waals surface area (Å²) >= 11 is 0. The highest BCUT2D eigenvalue weighted by molar-refractivity contribution is 5.38. The van der Waals surface area contributed by atoms with Gasteiger partial charge < -0.3 is 35.0 Å². The number of aliphatic hydroxyl groups is 5. The Bertz CT molecular complexity index is 1570. The monoisotopic (exact) mass is 730 g/mol. The topological polar surface area (TPSA) is 120 Å². The van der Waals surface area contributed by atoms with Crippen LogP contribution in [0.25, 0.3) is 0 Å². The quantitative estimate of drug-likeness (QED) is 0.101. The first kappa shape index (κ1) is 45.8. The van der Waals surface area contributed by atoms with Crippen LogP contribution >= 0.6 is 0 Å². The molecule has 292 valence electrons. The van der Waals surface area contributed by atoms with Crippen molar-refractivity contribution < 1.29 is 35.0 Å². The molecule has 0 spiro atoms. The lowest BCUT2D eigenvalue weighted by atomic mass is 9.71. The van der Waals surface area contributed by atoms with Crippen molar-refractivity contribution in [2.24, 2.45) is 5.41 Å². The molecule has 1 aliphatic heterocycles. The molecule has 0 aromatic heterocycles. The van der Waals surface area contributed by atoms with E-state index in [9.17, 15) is 25.5 Å². The van der Waals surface area contributed by atoms with Crippen LogP contribution in [-0.4, -0.2) is 74.6 Å². The van der Waals surface area contributed by atoms with Gasteiger partial charge in [0.1, 0.15) is 24.4 Å².